The van der Waals surface area contributed by atoms with Crippen molar-refractivity contribution in [2.45, 2.75) is 0 Å². The van der Waals surface area contributed by atoms with Crippen LogP contribution in [0.2, 0.25) is 0 Å². The summed E-state index contributed by atoms with van der Waals surface area (Å²) in [6.07, 6.45) is 2.02. The number of hydrogen-bond acceptors (Lipinski definition) is 0. The van der Waals surface area contributed by atoms with Crippen molar-refractivity contribution in [3.05, 3.63) is 42.0 Å². The molecule has 0 aliphatic heterocycles. The molecule has 0 aliphatic rings. The fourth-order valence-corrected chi connectivity index (χ4v) is 1.73. The Morgan fingerprint density at radius 3 is 2.50 bits per heavy atom. The Hall–Kier alpha value is -0.270. The Balaban J connectivity index is 2.88. The molecule has 64 valence electrons. The van der Waals surface area contributed by atoms with Crippen molar-refractivity contribution < 1.29 is 0 Å². The number of alkyl halides is 2. The normalized spacial score (nSPS) is 11.7. The number of halogens is 2. The van der Waals surface area contributed by atoms with Gasteiger partial charge in [0.05, 0.1) is 0 Å². The average molecular weight is 246 g/mol. The maximum absolute atomic E-state index is 5.63. The lowest BCUT2D eigenvalue weighted by Gasteiger charge is -2.01. The molecule has 0 saturated carbocycles. The van der Waals surface area contributed by atoms with Crippen LogP contribution in [0.1, 0.15) is 5.56 Å². The summed E-state index contributed by atoms with van der Waals surface area (Å²) in [5.41, 5.74) is 2.47. The van der Waals surface area contributed by atoms with E-state index in [1.54, 1.807) is 0 Å². The summed E-state index contributed by atoms with van der Waals surface area (Å²) in [6, 6.07) is 10.2. The summed E-state index contributed by atoms with van der Waals surface area (Å²) in [7, 11) is 0. The van der Waals surface area contributed by atoms with Gasteiger partial charge in [0.25, 0.3) is 0 Å². The first kappa shape index (κ1) is 9.82. The molecule has 0 aromatic heterocycles. The van der Waals surface area contributed by atoms with Gasteiger partial charge >= 0.3 is 0 Å². The van der Waals surface area contributed by atoms with Gasteiger partial charge in [-0.05, 0) is 11.1 Å². The second-order valence-electron chi connectivity index (χ2n) is 2.38. The minimum atomic E-state index is 0.565. The van der Waals surface area contributed by atoms with E-state index in [1.807, 2.05) is 24.3 Å². The molecule has 0 atom stereocenters. The largest absolute Gasteiger partial charge is 0.122 e. The van der Waals surface area contributed by atoms with Gasteiger partial charge in [0, 0.05) is 11.2 Å². The quantitative estimate of drug-likeness (QED) is 0.712. The van der Waals surface area contributed by atoms with Gasteiger partial charge in [-0.1, -0.05) is 52.3 Å². The minimum Gasteiger partial charge on any atom is -0.122 e. The van der Waals surface area contributed by atoms with Gasteiger partial charge in [-0.3, -0.25) is 0 Å². The first-order valence-electron chi connectivity index (χ1n) is 3.75. The molecule has 0 N–H and O–H groups in total. The molecule has 0 saturated heterocycles. The van der Waals surface area contributed by atoms with Crippen LogP contribution in [0.4, 0.5) is 0 Å². The average Bonchev–Trinajstić information content (AvgIpc) is 2.15. The SMILES string of the molecule is ClCC=C(CBr)c1ccccc1. The van der Waals surface area contributed by atoms with Crippen molar-refractivity contribution in [3.8, 4) is 0 Å². The molecule has 0 fully saturated rings. The van der Waals surface area contributed by atoms with Crippen molar-refractivity contribution in [3.63, 3.8) is 0 Å². The molecule has 1 aromatic rings. The summed E-state index contributed by atoms with van der Waals surface area (Å²) in [6.45, 7) is 0. The second kappa shape index (κ2) is 5.39. The number of hydrogen-bond donors (Lipinski definition) is 0. The zero-order valence-electron chi connectivity index (χ0n) is 6.63. The number of rotatable bonds is 3. The van der Waals surface area contributed by atoms with Crippen molar-refractivity contribution in [2.75, 3.05) is 11.2 Å². The van der Waals surface area contributed by atoms with Crippen molar-refractivity contribution in [1.82, 2.24) is 0 Å². The van der Waals surface area contributed by atoms with E-state index in [4.69, 9.17) is 11.6 Å². The highest BCUT2D eigenvalue weighted by molar-refractivity contribution is 9.09. The second-order valence-corrected chi connectivity index (χ2v) is 3.25. The van der Waals surface area contributed by atoms with E-state index >= 15 is 0 Å². The molecular formula is C10H10BrCl. The molecule has 0 spiro atoms. The molecule has 0 unspecified atom stereocenters. The van der Waals surface area contributed by atoms with E-state index < -0.39 is 0 Å². The van der Waals surface area contributed by atoms with Crippen molar-refractivity contribution >= 4 is 33.1 Å². The third kappa shape index (κ3) is 2.65. The molecule has 0 nitrogen and oxygen atoms in total. The zero-order chi connectivity index (χ0) is 8.81. The highest BCUT2D eigenvalue weighted by atomic mass is 79.9. The van der Waals surface area contributed by atoms with Gasteiger partial charge in [0.2, 0.25) is 0 Å². The Bertz CT molecular complexity index is 254. The zero-order valence-corrected chi connectivity index (χ0v) is 8.98. The molecule has 0 radical (unpaired) electrons. The monoisotopic (exact) mass is 244 g/mol. The van der Waals surface area contributed by atoms with Crippen LogP contribution in [0.5, 0.6) is 0 Å². The molecule has 12 heavy (non-hydrogen) atoms. The van der Waals surface area contributed by atoms with Crippen LogP contribution in [0, 0.1) is 0 Å². The van der Waals surface area contributed by atoms with Crippen LogP contribution in [-0.4, -0.2) is 11.2 Å². The van der Waals surface area contributed by atoms with Crippen LogP contribution in [0.15, 0.2) is 36.4 Å². The Kier molecular flexibility index (Phi) is 4.41. The third-order valence-electron chi connectivity index (χ3n) is 1.61. The Morgan fingerprint density at radius 1 is 1.33 bits per heavy atom. The van der Waals surface area contributed by atoms with Crippen LogP contribution < -0.4 is 0 Å². The summed E-state index contributed by atoms with van der Waals surface area (Å²) < 4.78 is 0. The molecule has 0 heterocycles. The van der Waals surface area contributed by atoms with Gasteiger partial charge in [0.1, 0.15) is 0 Å². The van der Waals surface area contributed by atoms with Gasteiger partial charge in [-0.25, -0.2) is 0 Å². The summed E-state index contributed by atoms with van der Waals surface area (Å²) in [4.78, 5) is 0. The predicted octanol–water partition coefficient (Wildman–Crippen LogP) is 3.70. The number of allylic oxidation sites excluding steroid dienone is 2. The Morgan fingerprint density at radius 2 is 2.00 bits per heavy atom. The molecule has 2 heteroatoms. The standard InChI is InChI=1S/C10H10BrCl/c11-8-10(6-7-12)9-4-2-1-3-5-9/h1-6H,7-8H2. The summed E-state index contributed by atoms with van der Waals surface area (Å²) in [5.74, 6) is 0.565. The van der Waals surface area contributed by atoms with Crippen molar-refractivity contribution in [2.24, 2.45) is 0 Å². The highest BCUT2D eigenvalue weighted by Crippen LogP contribution is 2.16. The minimum absolute atomic E-state index is 0.565. The van der Waals surface area contributed by atoms with E-state index in [1.165, 1.54) is 11.1 Å². The van der Waals surface area contributed by atoms with Crippen LogP contribution >= 0.6 is 27.5 Å². The molecule has 1 aromatic carbocycles. The van der Waals surface area contributed by atoms with Gasteiger partial charge in [0.15, 0.2) is 0 Å². The Labute approximate surface area is 86.4 Å². The molecule has 0 bridgehead atoms. The van der Waals surface area contributed by atoms with Crippen molar-refractivity contribution in [1.29, 1.82) is 0 Å². The maximum atomic E-state index is 5.63. The van der Waals surface area contributed by atoms with E-state index in [0.29, 0.717) is 5.88 Å². The third-order valence-corrected chi connectivity index (χ3v) is 2.37. The fraction of sp³-hybridized carbons (Fsp3) is 0.200. The van der Waals surface area contributed by atoms with E-state index in [9.17, 15) is 0 Å². The van der Waals surface area contributed by atoms with Crippen LogP contribution in [0.25, 0.3) is 5.57 Å². The van der Waals surface area contributed by atoms with Crippen LogP contribution in [-0.2, 0) is 0 Å². The molecule has 0 amide bonds. The highest BCUT2D eigenvalue weighted by Gasteiger charge is 1.96. The predicted molar refractivity (Wildman–Crippen MR) is 58.9 cm³/mol. The molecular weight excluding hydrogens is 235 g/mol. The number of benzene rings is 1. The lowest BCUT2D eigenvalue weighted by atomic mass is 10.1. The summed E-state index contributed by atoms with van der Waals surface area (Å²) >= 11 is 9.05. The van der Waals surface area contributed by atoms with Gasteiger partial charge < -0.3 is 0 Å². The van der Waals surface area contributed by atoms with E-state index in [0.717, 1.165) is 5.33 Å². The first-order valence-corrected chi connectivity index (χ1v) is 5.40. The fourth-order valence-electron chi connectivity index (χ4n) is 0.995. The lowest BCUT2D eigenvalue weighted by molar-refractivity contribution is 1.56. The topological polar surface area (TPSA) is 0 Å². The maximum Gasteiger partial charge on any atom is 0.0410 e. The lowest BCUT2D eigenvalue weighted by Crippen LogP contribution is -1.85. The molecule has 0 aliphatic carbocycles. The summed E-state index contributed by atoms with van der Waals surface area (Å²) in [5, 5.41) is 0.851. The molecule has 1 rings (SSSR count). The van der Waals surface area contributed by atoms with E-state index in [2.05, 4.69) is 28.1 Å². The first-order chi connectivity index (χ1) is 5.88. The van der Waals surface area contributed by atoms with Gasteiger partial charge in [-0.15, -0.1) is 11.6 Å². The van der Waals surface area contributed by atoms with E-state index in [-0.39, 0.29) is 0 Å². The van der Waals surface area contributed by atoms with Crippen LogP contribution in [0.3, 0.4) is 0 Å². The smallest absolute Gasteiger partial charge is 0.0410 e. The van der Waals surface area contributed by atoms with Gasteiger partial charge in [-0.2, -0.15) is 0 Å².